The SMILES string of the molecule is Cc1nnc(-c2ccc3nnc(CC(=O)N4C[C@H]5C[C@@H]4CN5C)cc3c2)s1. The molecule has 2 bridgehead atoms. The molecule has 2 atom stereocenters. The van der Waals surface area contributed by atoms with E-state index in [0.29, 0.717) is 24.2 Å². The summed E-state index contributed by atoms with van der Waals surface area (Å²) < 4.78 is 0. The Balaban J connectivity index is 1.38. The van der Waals surface area contributed by atoms with Gasteiger partial charge < -0.3 is 4.90 Å². The van der Waals surface area contributed by atoms with Crippen LogP contribution in [-0.2, 0) is 11.2 Å². The Morgan fingerprint density at radius 3 is 2.74 bits per heavy atom. The predicted molar refractivity (Wildman–Crippen MR) is 103 cm³/mol. The highest BCUT2D eigenvalue weighted by Crippen LogP contribution is 2.30. The number of carbonyl (C=O) groups excluding carboxylic acids is 1. The minimum atomic E-state index is 0.153. The van der Waals surface area contributed by atoms with Crippen LogP contribution in [0, 0.1) is 6.92 Å². The van der Waals surface area contributed by atoms with Crippen molar-refractivity contribution in [1.29, 1.82) is 0 Å². The Morgan fingerprint density at radius 2 is 2.04 bits per heavy atom. The molecular formula is C19H20N6OS. The molecule has 1 amide bonds. The monoisotopic (exact) mass is 380 g/mol. The maximum absolute atomic E-state index is 12.8. The molecule has 2 saturated heterocycles. The molecule has 5 rings (SSSR count). The van der Waals surface area contributed by atoms with Gasteiger partial charge in [-0.05, 0) is 44.7 Å². The summed E-state index contributed by atoms with van der Waals surface area (Å²) in [5.41, 5.74) is 2.55. The third-order valence-corrected chi connectivity index (χ3v) is 6.46. The number of amides is 1. The number of likely N-dealkylation sites (N-methyl/N-ethyl adjacent to an activating group) is 1. The van der Waals surface area contributed by atoms with Crippen LogP contribution in [0.3, 0.4) is 0 Å². The fourth-order valence-electron chi connectivity index (χ4n) is 4.15. The number of likely N-dealkylation sites (tertiary alicyclic amines) is 2. The van der Waals surface area contributed by atoms with Gasteiger partial charge in [-0.1, -0.05) is 11.3 Å². The van der Waals surface area contributed by atoms with Gasteiger partial charge in [-0.3, -0.25) is 9.69 Å². The fraction of sp³-hybridized carbons (Fsp3) is 0.421. The summed E-state index contributed by atoms with van der Waals surface area (Å²) in [5, 5.41) is 19.7. The number of benzene rings is 1. The second-order valence-electron chi connectivity index (χ2n) is 7.44. The fourth-order valence-corrected chi connectivity index (χ4v) is 4.84. The molecule has 0 N–H and O–H groups in total. The van der Waals surface area contributed by atoms with Gasteiger partial charge in [-0.2, -0.15) is 10.2 Å². The van der Waals surface area contributed by atoms with Gasteiger partial charge >= 0.3 is 0 Å². The topological polar surface area (TPSA) is 75.1 Å². The lowest BCUT2D eigenvalue weighted by Crippen LogP contribution is -2.47. The molecule has 27 heavy (non-hydrogen) atoms. The third-order valence-electron chi connectivity index (χ3n) is 5.58. The summed E-state index contributed by atoms with van der Waals surface area (Å²) in [5.74, 6) is 0.153. The zero-order chi connectivity index (χ0) is 18.5. The molecule has 4 heterocycles. The van der Waals surface area contributed by atoms with E-state index < -0.39 is 0 Å². The Bertz CT molecular complexity index is 1030. The predicted octanol–water partition coefficient (Wildman–Crippen LogP) is 1.91. The Morgan fingerprint density at radius 1 is 1.15 bits per heavy atom. The van der Waals surface area contributed by atoms with Crippen molar-refractivity contribution in [3.05, 3.63) is 35.0 Å². The van der Waals surface area contributed by atoms with E-state index in [-0.39, 0.29) is 5.91 Å². The van der Waals surface area contributed by atoms with Crippen molar-refractivity contribution < 1.29 is 4.79 Å². The van der Waals surface area contributed by atoms with Gasteiger partial charge in [0.25, 0.3) is 0 Å². The first-order valence-electron chi connectivity index (χ1n) is 9.13. The van der Waals surface area contributed by atoms with Crippen LogP contribution in [0.15, 0.2) is 24.3 Å². The van der Waals surface area contributed by atoms with Crippen molar-refractivity contribution in [2.24, 2.45) is 0 Å². The molecule has 138 valence electrons. The van der Waals surface area contributed by atoms with E-state index in [4.69, 9.17) is 0 Å². The van der Waals surface area contributed by atoms with Crippen LogP contribution in [0.25, 0.3) is 21.5 Å². The van der Waals surface area contributed by atoms with E-state index in [9.17, 15) is 4.79 Å². The van der Waals surface area contributed by atoms with Crippen LogP contribution in [0.2, 0.25) is 0 Å². The number of piperazine rings is 1. The van der Waals surface area contributed by atoms with E-state index in [0.717, 1.165) is 46.0 Å². The van der Waals surface area contributed by atoms with Gasteiger partial charge in [0.2, 0.25) is 5.91 Å². The lowest BCUT2D eigenvalue weighted by Gasteiger charge is -2.31. The average Bonchev–Trinajstić information content (AvgIpc) is 3.36. The van der Waals surface area contributed by atoms with Crippen LogP contribution in [0.5, 0.6) is 0 Å². The molecule has 3 aromatic rings. The Kier molecular flexibility index (Phi) is 3.91. The molecule has 2 aliphatic rings. The molecule has 0 aliphatic carbocycles. The molecule has 1 aromatic carbocycles. The number of aryl methyl sites for hydroxylation is 1. The summed E-state index contributed by atoms with van der Waals surface area (Å²) in [6.45, 7) is 3.76. The number of fused-ring (bicyclic) bond motifs is 3. The minimum absolute atomic E-state index is 0.153. The first-order chi connectivity index (χ1) is 13.1. The second kappa shape index (κ2) is 6.31. The lowest BCUT2D eigenvalue weighted by atomic mass is 10.1. The quantitative estimate of drug-likeness (QED) is 0.691. The van der Waals surface area contributed by atoms with Gasteiger partial charge in [0, 0.05) is 36.1 Å². The zero-order valence-electron chi connectivity index (χ0n) is 15.3. The van der Waals surface area contributed by atoms with Gasteiger partial charge in [-0.25, -0.2) is 0 Å². The molecule has 0 saturated carbocycles. The number of hydrogen-bond acceptors (Lipinski definition) is 7. The number of hydrogen-bond donors (Lipinski definition) is 0. The highest BCUT2D eigenvalue weighted by atomic mass is 32.1. The summed E-state index contributed by atoms with van der Waals surface area (Å²) in [6, 6.07) is 8.81. The van der Waals surface area contributed by atoms with E-state index in [1.807, 2.05) is 36.1 Å². The third kappa shape index (κ3) is 2.98. The highest BCUT2D eigenvalue weighted by Gasteiger charge is 2.43. The maximum atomic E-state index is 12.8. The van der Waals surface area contributed by atoms with Crippen molar-refractivity contribution in [3.8, 4) is 10.6 Å². The van der Waals surface area contributed by atoms with Crippen LogP contribution in [-0.4, -0.2) is 68.3 Å². The molecule has 8 heteroatoms. The average molecular weight is 380 g/mol. The largest absolute Gasteiger partial charge is 0.336 e. The zero-order valence-corrected chi connectivity index (χ0v) is 16.1. The second-order valence-corrected chi connectivity index (χ2v) is 8.62. The van der Waals surface area contributed by atoms with Crippen LogP contribution in [0.4, 0.5) is 0 Å². The summed E-state index contributed by atoms with van der Waals surface area (Å²) in [7, 11) is 2.14. The Hall–Kier alpha value is -2.45. The maximum Gasteiger partial charge on any atom is 0.229 e. The number of carbonyl (C=O) groups is 1. The van der Waals surface area contributed by atoms with Crippen LogP contribution >= 0.6 is 11.3 Å². The van der Waals surface area contributed by atoms with E-state index in [1.54, 1.807) is 11.3 Å². The van der Waals surface area contributed by atoms with E-state index >= 15 is 0 Å². The van der Waals surface area contributed by atoms with Crippen molar-refractivity contribution in [3.63, 3.8) is 0 Å². The number of aromatic nitrogens is 4. The van der Waals surface area contributed by atoms with Crippen molar-refractivity contribution in [2.45, 2.75) is 31.8 Å². The van der Waals surface area contributed by atoms with Gasteiger partial charge in [0.15, 0.2) is 0 Å². The minimum Gasteiger partial charge on any atom is -0.336 e. The molecule has 2 aromatic heterocycles. The first-order valence-corrected chi connectivity index (χ1v) is 9.95. The standard InChI is InChI=1S/C19H20N6OS/c1-11-20-23-19(27-11)12-3-4-17-13(5-12)6-14(21-22-17)7-18(26)25-10-15-8-16(25)9-24(15)2/h3-6,15-16H,7-10H2,1-2H3/t15-,16-/m1/s1. The van der Waals surface area contributed by atoms with E-state index in [1.165, 1.54) is 0 Å². The molecule has 0 spiro atoms. The van der Waals surface area contributed by atoms with Gasteiger partial charge in [0.05, 0.1) is 17.6 Å². The number of nitrogens with zero attached hydrogens (tertiary/aromatic N) is 6. The Labute approximate surface area is 161 Å². The highest BCUT2D eigenvalue weighted by molar-refractivity contribution is 7.14. The molecule has 2 fully saturated rings. The molecule has 2 aliphatic heterocycles. The molecule has 0 unspecified atom stereocenters. The van der Waals surface area contributed by atoms with Crippen molar-refractivity contribution in [1.82, 2.24) is 30.2 Å². The number of rotatable bonds is 3. The lowest BCUT2D eigenvalue weighted by molar-refractivity contribution is -0.132. The smallest absolute Gasteiger partial charge is 0.229 e. The van der Waals surface area contributed by atoms with Crippen molar-refractivity contribution in [2.75, 3.05) is 20.1 Å². The van der Waals surface area contributed by atoms with Crippen LogP contribution < -0.4 is 0 Å². The summed E-state index contributed by atoms with van der Waals surface area (Å²) >= 11 is 1.57. The van der Waals surface area contributed by atoms with Crippen molar-refractivity contribution >= 4 is 28.1 Å². The van der Waals surface area contributed by atoms with Gasteiger partial charge in [0.1, 0.15) is 10.0 Å². The van der Waals surface area contributed by atoms with Gasteiger partial charge in [-0.15, -0.1) is 10.2 Å². The molecule has 0 radical (unpaired) electrons. The summed E-state index contributed by atoms with van der Waals surface area (Å²) in [6.07, 6.45) is 1.40. The molecule has 7 nitrogen and oxygen atoms in total. The normalized spacial score (nSPS) is 22.1. The summed E-state index contributed by atoms with van der Waals surface area (Å²) in [4.78, 5) is 17.1. The van der Waals surface area contributed by atoms with E-state index in [2.05, 4.69) is 32.3 Å². The first kappa shape index (κ1) is 16.7. The molecular weight excluding hydrogens is 360 g/mol. The van der Waals surface area contributed by atoms with Crippen LogP contribution in [0.1, 0.15) is 17.1 Å².